The topological polar surface area (TPSA) is 43.4 Å². The lowest BCUT2D eigenvalue weighted by Gasteiger charge is -2.32. The van der Waals surface area contributed by atoms with Gasteiger partial charge in [-0.15, -0.1) is 0 Å². The highest BCUT2D eigenvalue weighted by Gasteiger charge is 2.44. The van der Waals surface area contributed by atoms with Crippen LogP contribution in [-0.2, 0) is 14.3 Å². The summed E-state index contributed by atoms with van der Waals surface area (Å²) < 4.78 is 41.1. The summed E-state index contributed by atoms with van der Waals surface area (Å²) in [5.74, 6) is -2.67. The Balaban J connectivity index is 3.01. The number of ketones is 1. The Bertz CT molecular complexity index is 452. The number of rotatable bonds is 3. The number of hydrogen-bond acceptors (Lipinski definition) is 3. The van der Waals surface area contributed by atoms with E-state index in [0.29, 0.717) is 6.42 Å². The van der Waals surface area contributed by atoms with Crippen LogP contribution in [0.2, 0.25) is 0 Å². The van der Waals surface area contributed by atoms with Crippen molar-refractivity contribution in [1.29, 1.82) is 0 Å². The molecule has 1 atom stereocenters. The van der Waals surface area contributed by atoms with E-state index in [-0.39, 0.29) is 34.6 Å². The van der Waals surface area contributed by atoms with Crippen LogP contribution in [0.15, 0.2) is 10.6 Å². The van der Waals surface area contributed by atoms with Gasteiger partial charge in [-0.2, -0.15) is 13.2 Å². The second-order valence-electron chi connectivity index (χ2n) is 5.56. The first-order valence-corrected chi connectivity index (χ1v) is 6.55. The summed E-state index contributed by atoms with van der Waals surface area (Å²) >= 11 is 6.02. The predicted octanol–water partition coefficient (Wildman–Crippen LogP) is 3.75. The highest BCUT2D eigenvalue weighted by atomic mass is 35.5. The molecule has 7 heteroatoms. The zero-order valence-corrected chi connectivity index (χ0v) is 12.2. The van der Waals surface area contributed by atoms with Crippen LogP contribution >= 0.6 is 11.6 Å². The number of halogens is 4. The van der Waals surface area contributed by atoms with Crippen molar-refractivity contribution in [2.75, 3.05) is 0 Å². The molecule has 0 aromatic rings. The number of alkyl halides is 3. The third kappa shape index (κ3) is 3.98. The molecule has 1 aliphatic carbocycles. The Labute approximate surface area is 120 Å². The maximum Gasteiger partial charge on any atom is 0.490 e. The summed E-state index contributed by atoms with van der Waals surface area (Å²) in [6.45, 7) is 5.21. The lowest BCUT2D eigenvalue weighted by Crippen LogP contribution is -2.35. The minimum atomic E-state index is -5.09. The standard InChI is InChI=1S/C13H16ClF3O3/c1-4-9(20-11(19)13(15,16)17)10-7(14)5-12(2,3)6-8(10)18/h9H,4-6H2,1-3H3/t9-/m1/s1. The average Bonchev–Trinajstić information content (AvgIpc) is 2.23. The molecule has 0 saturated carbocycles. The fourth-order valence-electron chi connectivity index (χ4n) is 2.16. The van der Waals surface area contributed by atoms with Crippen molar-refractivity contribution in [3.63, 3.8) is 0 Å². The summed E-state index contributed by atoms with van der Waals surface area (Å²) in [4.78, 5) is 22.9. The summed E-state index contributed by atoms with van der Waals surface area (Å²) in [5, 5.41) is 0.174. The smallest absolute Gasteiger partial charge is 0.451 e. The van der Waals surface area contributed by atoms with E-state index in [9.17, 15) is 22.8 Å². The van der Waals surface area contributed by atoms with E-state index < -0.39 is 18.2 Å². The molecule has 0 heterocycles. The number of allylic oxidation sites excluding steroid dienone is 1. The van der Waals surface area contributed by atoms with Crippen LogP contribution in [0.5, 0.6) is 0 Å². The van der Waals surface area contributed by atoms with Gasteiger partial charge in [0.25, 0.3) is 0 Å². The first-order valence-electron chi connectivity index (χ1n) is 6.17. The highest BCUT2D eigenvalue weighted by Crippen LogP contribution is 2.40. The fourth-order valence-corrected chi connectivity index (χ4v) is 2.74. The molecule has 0 saturated heterocycles. The summed E-state index contributed by atoms with van der Waals surface area (Å²) in [5.41, 5.74) is -0.352. The quantitative estimate of drug-likeness (QED) is 0.745. The van der Waals surface area contributed by atoms with Gasteiger partial charge >= 0.3 is 12.1 Å². The molecule has 0 amide bonds. The SMILES string of the molecule is CC[C@@H](OC(=O)C(F)(F)F)C1=C(Cl)CC(C)(C)CC1=O. The minimum Gasteiger partial charge on any atom is -0.451 e. The monoisotopic (exact) mass is 312 g/mol. The average molecular weight is 313 g/mol. The number of carbonyl (C=O) groups is 2. The second kappa shape index (κ2) is 5.76. The predicted molar refractivity (Wildman–Crippen MR) is 67.1 cm³/mol. The molecule has 0 radical (unpaired) electrons. The number of carbonyl (C=O) groups excluding carboxylic acids is 2. The molecule has 0 aliphatic heterocycles. The van der Waals surface area contributed by atoms with Crippen molar-refractivity contribution in [3.05, 3.63) is 10.6 Å². The number of ether oxygens (including phenoxy) is 1. The molecular weight excluding hydrogens is 297 g/mol. The fraction of sp³-hybridized carbons (Fsp3) is 0.692. The van der Waals surface area contributed by atoms with Crippen LogP contribution in [0, 0.1) is 5.41 Å². The Morgan fingerprint density at radius 2 is 1.95 bits per heavy atom. The van der Waals surface area contributed by atoms with Crippen LogP contribution < -0.4 is 0 Å². The Hall–Kier alpha value is -1.04. The van der Waals surface area contributed by atoms with Gasteiger partial charge in [0.15, 0.2) is 5.78 Å². The third-order valence-corrected chi connectivity index (χ3v) is 3.38. The van der Waals surface area contributed by atoms with Crippen molar-refractivity contribution in [2.45, 2.75) is 52.3 Å². The number of Topliss-reactive ketones (excluding diaryl/α,β-unsaturated/α-hetero) is 1. The van der Waals surface area contributed by atoms with Crippen LogP contribution in [0.4, 0.5) is 13.2 Å². The summed E-state index contributed by atoms with van der Waals surface area (Å²) in [7, 11) is 0. The van der Waals surface area contributed by atoms with Gasteiger partial charge in [0.05, 0.1) is 5.57 Å². The van der Waals surface area contributed by atoms with Gasteiger partial charge in [0.2, 0.25) is 0 Å². The van der Waals surface area contributed by atoms with Gasteiger partial charge in [-0.05, 0) is 18.3 Å². The Morgan fingerprint density at radius 3 is 2.35 bits per heavy atom. The molecule has 20 heavy (non-hydrogen) atoms. The molecule has 0 aromatic heterocycles. The van der Waals surface area contributed by atoms with Crippen molar-refractivity contribution < 1.29 is 27.5 Å². The van der Waals surface area contributed by atoms with Gasteiger partial charge in [0, 0.05) is 11.5 Å². The first-order chi connectivity index (χ1) is 8.98. The van der Waals surface area contributed by atoms with Crippen LogP contribution in [-0.4, -0.2) is 24.0 Å². The number of esters is 1. The normalized spacial score (nSPS) is 20.9. The van der Waals surface area contributed by atoms with Gasteiger partial charge < -0.3 is 4.74 Å². The van der Waals surface area contributed by atoms with Gasteiger partial charge in [-0.1, -0.05) is 32.4 Å². The van der Waals surface area contributed by atoms with Gasteiger partial charge in [-0.3, -0.25) is 4.79 Å². The van der Waals surface area contributed by atoms with E-state index in [1.54, 1.807) is 0 Å². The molecule has 0 aromatic carbocycles. The molecule has 0 spiro atoms. The van der Waals surface area contributed by atoms with Crippen LogP contribution in [0.1, 0.15) is 40.0 Å². The number of hydrogen-bond donors (Lipinski definition) is 0. The first kappa shape index (κ1) is 17.0. The maximum absolute atomic E-state index is 12.2. The molecule has 0 bridgehead atoms. The van der Waals surface area contributed by atoms with E-state index in [0.717, 1.165) is 0 Å². The van der Waals surface area contributed by atoms with Crippen molar-refractivity contribution in [2.24, 2.45) is 5.41 Å². The maximum atomic E-state index is 12.2. The highest BCUT2D eigenvalue weighted by molar-refractivity contribution is 6.32. The van der Waals surface area contributed by atoms with E-state index >= 15 is 0 Å². The van der Waals surface area contributed by atoms with E-state index in [4.69, 9.17) is 11.6 Å². The van der Waals surface area contributed by atoms with E-state index in [1.165, 1.54) is 6.92 Å². The van der Waals surface area contributed by atoms with Crippen LogP contribution in [0.3, 0.4) is 0 Å². The summed E-state index contributed by atoms with van der Waals surface area (Å²) in [6, 6.07) is 0. The molecule has 1 aliphatic rings. The molecule has 114 valence electrons. The Morgan fingerprint density at radius 1 is 1.40 bits per heavy atom. The zero-order chi connectivity index (χ0) is 15.7. The second-order valence-corrected chi connectivity index (χ2v) is 6.02. The lowest BCUT2D eigenvalue weighted by atomic mass is 9.76. The molecule has 0 N–H and O–H groups in total. The largest absolute Gasteiger partial charge is 0.490 e. The molecule has 3 nitrogen and oxygen atoms in total. The molecule has 0 unspecified atom stereocenters. The van der Waals surface area contributed by atoms with Gasteiger partial charge in [0.1, 0.15) is 6.10 Å². The minimum absolute atomic E-state index is 0.00825. The molecular formula is C13H16ClF3O3. The zero-order valence-electron chi connectivity index (χ0n) is 11.4. The molecule has 1 rings (SSSR count). The van der Waals surface area contributed by atoms with Crippen LogP contribution in [0.25, 0.3) is 0 Å². The Kier molecular flexibility index (Phi) is 4.90. The lowest BCUT2D eigenvalue weighted by molar-refractivity contribution is -0.203. The summed E-state index contributed by atoms with van der Waals surface area (Å²) in [6.07, 6.45) is -5.74. The third-order valence-electron chi connectivity index (χ3n) is 3.04. The van der Waals surface area contributed by atoms with E-state index in [1.807, 2.05) is 13.8 Å². The van der Waals surface area contributed by atoms with Gasteiger partial charge in [-0.25, -0.2) is 4.79 Å². The van der Waals surface area contributed by atoms with Crippen molar-refractivity contribution >= 4 is 23.4 Å². The van der Waals surface area contributed by atoms with Crippen molar-refractivity contribution in [1.82, 2.24) is 0 Å². The van der Waals surface area contributed by atoms with Crippen molar-refractivity contribution in [3.8, 4) is 0 Å². The van der Waals surface area contributed by atoms with E-state index in [2.05, 4.69) is 4.74 Å². The molecule has 0 fully saturated rings.